The smallest absolute Gasteiger partial charge is 0.271 e. The summed E-state index contributed by atoms with van der Waals surface area (Å²) < 4.78 is 0. The first kappa shape index (κ1) is 21.5. The third-order valence-electron chi connectivity index (χ3n) is 4.25. The van der Waals surface area contributed by atoms with Crippen molar-refractivity contribution < 1.29 is 9.59 Å². The van der Waals surface area contributed by atoms with E-state index >= 15 is 0 Å². The fourth-order valence-electron chi connectivity index (χ4n) is 2.71. The van der Waals surface area contributed by atoms with Gasteiger partial charge in [0.25, 0.3) is 5.91 Å². The van der Waals surface area contributed by atoms with Crippen molar-refractivity contribution in [3.8, 4) is 0 Å². The predicted octanol–water partition coefficient (Wildman–Crippen LogP) is 5.16. The highest BCUT2D eigenvalue weighted by Crippen LogP contribution is 2.10. The molecule has 5 heteroatoms. The summed E-state index contributed by atoms with van der Waals surface area (Å²) in [4.78, 5) is 23.6. The second kappa shape index (κ2) is 11.1. The first-order valence-corrected chi connectivity index (χ1v) is 9.82. The minimum atomic E-state index is -0.340. The van der Waals surface area contributed by atoms with Crippen molar-refractivity contribution in [2.45, 2.75) is 6.92 Å². The normalized spacial score (nSPS) is 10.7. The van der Waals surface area contributed by atoms with E-state index in [0.717, 1.165) is 11.1 Å². The maximum absolute atomic E-state index is 12.5. The average molecular weight is 409 g/mol. The van der Waals surface area contributed by atoms with E-state index in [1.165, 1.54) is 6.92 Å². The predicted molar refractivity (Wildman–Crippen MR) is 127 cm³/mol. The minimum absolute atomic E-state index is 0.165. The molecule has 0 radical (unpaired) electrons. The van der Waals surface area contributed by atoms with Gasteiger partial charge in [-0.3, -0.25) is 9.59 Å². The van der Waals surface area contributed by atoms with E-state index < -0.39 is 0 Å². The standard InChI is InChI=1S/C26H23N3O2/c1-20(30)27-24-18-14-23(15-19-24)26(31)29-28-25(16-12-21-8-4-2-5-9-21)17-13-22-10-6-3-7-11-22/h2-19H,1H3,(H,27,30)(H,29,31)/b16-12-,17-13-. The Morgan fingerprint density at radius 3 is 1.74 bits per heavy atom. The molecule has 0 aliphatic heterocycles. The molecule has 3 aromatic rings. The molecule has 0 saturated carbocycles. The molecule has 5 nitrogen and oxygen atoms in total. The molecule has 0 aliphatic rings. The molecule has 2 amide bonds. The summed E-state index contributed by atoms with van der Waals surface area (Å²) in [6.07, 6.45) is 7.55. The fraction of sp³-hybridized carbons (Fsp3) is 0.0385. The van der Waals surface area contributed by atoms with Crippen LogP contribution in [0.1, 0.15) is 28.4 Å². The van der Waals surface area contributed by atoms with Crippen LogP contribution in [0, 0.1) is 0 Å². The number of nitrogens with zero attached hydrogens (tertiary/aromatic N) is 1. The molecule has 3 aromatic carbocycles. The highest BCUT2D eigenvalue weighted by atomic mass is 16.2. The van der Waals surface area contributed by atoms with Gasteiger partial charge in [0.15, 0.2) is 0 Å². The Hall–Kier alpha value is -4.25. The van der Waals surface area contributed by atoms with Gasteiger partial charge in [-0.2, -0.15) is 5.10 Å². The molecule has 0 unspecified atom stereocenters. The van der Waals surface area contributed by atoms with Gasteiger partial charge in [0.2, 0.25) is 5.91 Å². The largest absolute Gasteiger partial charge is 0.326 e. The quantitative estimate of drug-likeness (QED) is 0.418. The Morgan fingerprint density at radius 2 is 1.26 bits per heavy atom. The molecular formula is C26H23N3O2. The van der Waals surface area contributed by atoms with E-state index in [-0.39, 0.29) is 11.8 Å². The van der Waals surface area contributed by atoms with Gasteiger partial charge in [0.05, 0.1) is 5.71 Å². The molecule has 0 aromatic heterocycles. The number of benzene rings is 3. The van der Waals surface area contributed by atoms with Gasteiger partial charge in [0, 0.05) is 18.2 Å². The van der Waals surface area contributed by atoms with Crippen molar-refractivity contribution in [3.05, 3.63) is 114 Å². The third kappa shape index (κ3) is 7.25. The second-order valence-electron chi connectivity index (χ2n) is 6.72. The lowest BCUT2D eigenvalue weighted by Gasteiger charge is -2.04. The van der Waals surface area contributed by atoms with Crippen LogP contribution < -0.4 is 10.7 Å². The van der Waals surface area contributed by atoms with Gasteiger partial charge in [-0.05, 0) is 47.5 Å². The Kier molecular flexibility index (Phi) is 7.66. The van der Waals surface area contributed by atoms with Gasteiger partial charge in [-0.15, -0.1) is 0 Å². The molecule has 0 fully saturated rings. The maximum atomic E-state index is 12.5. The fourth-order valence-corrected chi connectivity index (χ4v) is 2.71. The summed E-state index contributed by atoms with van der Waals surface area (Å²) in [6, 6.07) is 26.3. The molecule has 154 valence electrons. The first-order valence-electron chi connectivity index (χ1n) is 9.82. The van der Waals surface area contributed by atoms with E-state index in [4.69, 9.17) is 0 Å². The summed E-state index contributed by atoms with van der Waals surface area (Å²) in [5, 5.41) is 6.94. The van der Waals surface area contributed by atoms with Gasteiger partial charge in [-0.1, -0.05) is 72.8 Å². The van der Waals surface area contributed by atoms with Crippen molar-refractivity contribution in [1.29, 1.82) is 0 Å². The van der Waals surface area contributed by atoms with Crippen LogP contribution in [0.4, 0.5) is 5.69 Å². The number of anilines is 1. The van der Waals surface area contributed by atoms with Crippen molar-refractivity contribution in [1.82, 2.24) is 5.43 Å². The Morgan fingerprint density at radius 1 is 0.742 bits per heavy atom. The topological polar surface area (TPSA) is 70.6 Å². The SMILES string of the molecule is CC(=O)Nc1ccc(C(=O)NN=C(/C=C\c2ccccc2)/C=C\c2ccccc2)cc1. The average Bonchev–Trinajstić information content (AvgIpc) is 2.80. The molecule has 0 spiro atoms. The number of hydrogen-bond donors (Lipinski definition) is 2. The number of carbonyl (C=O) groups excluding carboxylic acids is 2. The van der Waals surface area contributed by atoms with Crippen LogP contribution in [0.25, 0.3) is 12.2 Å². The van der Waals surface area contributed by atoms with Crippen molar-refractivity contribution in [2.24, 2.45) is 5.10 Å². The summed E-state index contributed by atoms with van der Waals surface area (Å²) in [6.45, 7) is 1.43. The number of allylic oxidation sites excluding steroid dienone is 2. The molecule has 3 rings (SSSR count). The van der Waals surface area contributed by atoms with Crippen molar-refractivity contribution in [2.75, 3.05) is 5.32 Å². The van der Waals surface area contributed by atoms with Gasteiger partial charge < -0.3 is 5.32 Å². The molecule has 0 atom stereocenters. The van der Waals surface area contributed by atoms with Crippen LogP contribution in [0.2, 0.25) is 0 Å². The van der Waals surface area contributed by atoms with E-state index in [1.54, 1.807) is 24.3 Å². The van der Waals surface area contributed by atoms with Crippen LogP contribution in [-0.2, 0) is 4.79 Å². The number of hydrogen-bond acceptors (Lipinski definition) is 3. The molecule has 0 aliphatic carbocycles. The lowest BCUT2D eigenvalue weighted by Crippen LogP contribution is -2.19. The lowest BCUT2D eigenvalue weighted by atomic mass is 10.1. The molecule has 0 saturated heterocycles. The van der Waals surface area contributed by atoms with E-state index in [1.807, 2.05) is 85.0 Å². The zero-order chi connectivity index (χ0) is 21.9. The van der Waals surface area contributed by atoms with Crippen molar-refractivity contribution >= 4 is 35.4 Å². The monoisotopic (exact) mass is 409 g/mol. The highest BCUT2D eigenvalue weighted by Gasteiger charge is 2.05. The van der Waals surface area contributed by atoms with Gasteiger partial charge >= 0.3 is 0 Å². The van der Waals surface area contributed by atoms with Crippen LogP contribution in [0.5, 0.6) is 0 Å². The number of nitrogens with one attached hydrogen (secondary N) is 2. The number of rotatable bonds is 7. The second-order valence-corrected chi connectivity index (χ2v) is 6.72. The van der Waals surface area contributed by atoms with Gasteiger partial charge in [-0.25, -0.2) is 5.43 Å². The van der Waals surface area contributed by atoms with E-state index in [9.17, 15) is 9.59 Å². The van der Waals surface area contributed by atoms with E-state index in [0.29, 0.717) is 17.0 Å². The molecular weight excluding hydrogens is 386 g/mol. The first-order chi connectivity index (χ1) is 15.1. The Labute approximate surface area is 181 Å². The Balaban J connectivity index is 1.75. The van der Waals surface area contributed by atoms with Crippen LogP contribution >= 0.6 is 0 Å². The number of amides is 2. The summed E-state index contributed by atoms with van der Waals surface area (Å²) in [5.74, 6) is -0.505. The summed E-state index contributed by atoms with van der Waals surface area (Å²) in [7, 11) is 0. The summed E-state index contributed by atoms with van der Waals surface area (Å²) >= 11 is 0. The van der Waals surface area contributed by atoms with Crippen LogP contribution in [-0.4, -0.2) is 17.5 Å². The zero-order valence-corrected chi connectivity index (χ0v) is 17.2. The van der Waals surface area contributed by atoms with Crippen LogP contribution in [0.3, 0.4) is 0 Å². The maximum Gasteiger partial charge on any atom is 0.271 e. The number of carbonyl (C=O) groups is 2. The van der Waals surface area contributed by atoms with Crippen LogP contribution in [0.15, 0.2) is 102 Å². The van der Waals surface area contributed by atoms with Crippen molar-refractivity contribution in [3.63, 3.8) is 0 Å². The minimum Gasteiger partial charge on any atom is -0.326 e. The van der Waals surface area contributed by atoms with E-state index in [2.05, 4.69) is 15.8 Å². The molecule has 2 N–H and O–H groups in total. The van der Waals surface area contributed by atoms with Gasteiger partial charge in [0.1, 0.15) is 0 Å². The summed E-state index contributed by atoms with van der Waals surface area (Å²) in [5.41, 5.74) is 6.32. The highest BCUT2D eigenvalue weighted by molar-refractivity contribution is 6.09. The Bertz CT molecular complexity index is 1050. The molecule has 31 heavy (non-hydrogen) atoms. The molecule has 0 heterocycles. The third-order valence-corrected chi connectivity index (χ3v) is 4.25. The zero-order valence-electron chi connectivity index (χ0n) is 17.2. The molecule has 0 bridgehead atoms. The number of hydrazone groups is 1. The lowest BCUT2D eigenvalue weighted by molar-refractivity contribution is -0.114.